The molecule has 17 aromatic carbocycles. The second kappa shape index (κ2) is 42.7. The molecule has 0 amide bonds. The number of rotatable bonds is 20. The molecule has 700 valence electrons. The van der Waals surface area contributed by atoms with Gasteiger partial charge in [-0.2, -0.15) is 0 Å². The second-order valence-corrected chi connectivity index (χ2v) is 38.7. The van der Waals surface area contributed by atoms with E-state index in [9.17, 15) is 0 Å². The second-order valence-electron chi connectivity index (χ2n) is 38.7. The van der Waals surface area contributed by atoms with Crippen molar-refractivity contribution < 1.29 is 0 Å². The zero-order valence-corrected chi connectivity index (χ0v) is 83.8. The van der Waals surface area contributed by atoms with Crippen LogP contribution < -0.4 is 0 Å². The Morgan fingerprint density at radius 1 is 0.204 bits per heavy atom. The lowest BCUT2D eigenvalue weighted by atomic mass is 9.84. The van der Waals surface area contributed by atoms with Crippen LogP contribution in [0.4, 0.5) is 0 Å². The third-order valence-corrected chi connectivity index (χ3v) is 26.5. The van der Waals surface area contributed by atoms with E-state index < -0.39 is 0 Å². The summed E-state index contributed by atoms with van der Waals surface area (Å²) in [4.78, 5) is 0. The van der Waals surface area contributed by atoms with Crippen LogP contribution in [0.5, 0.6) is 0 Å². The van der Waals surface area contributed by atoms with Gasteiger partial charge in [0.25, 0.3) is 0 Å². The highest BCUT2D eigenvalue weighted by Crippen LogP contribution is 2.45. The average Bonchev–Trinajstić information content (AvgIpc) is 1.58. The van der Waals surface area contributed by atoms with E-state index >= 15 is 0 Å². The summed E-state index contributed by atoms with van der Waals surface area (Å²) in [7, 11) is 0. The van der Waals surface area contributed by atoms with Crippen molar-refractivity contribution in [3.63, 3.8) is 0 Å². The van der Waals surface area contributed by atoms with Crippen molar-refractivity contribution in [2.24, 2.45) is 0 Å². The van der Waals surface area contributed by atoms with E-state index in [-0.39, 0.29) is 10.8 Å². The van der Waals surface area contributed by atoms with Crippen molar-refractivity contribution in [2.75, 3.05) is 0 Å². The van der Waals surface area contributed by atoms with E-state index in [2.05, 4.69) is 492 Å². The summed E-state index contributed by atoms with van der Waals surface area (Å²) in [5.74, 6) is 7.17. The zero-order chi connectivity index (χ0) is 98.5. The SMILES string of the molecule is CC(C)c1cc(-n2c(-c3ccccc3)nnc2-c2ccccc2-c2ccccc2)cc(C(C)(C)C)c1.CCc1cccc(CC)c1-n1c(-c2ccccc2)nnc1-c1ccccc1-c1ccccc1.Cc1cc(C(C)(C)C)cc(C)c1-n1c(-c2ccccc2)nnc1-c1ccccc1-c1ccccc1.Cc1ccccc1-c1cccc(-c2nnc(-c3ccccc3-c3ccccc3)n2-c2c(C)cccc2C)c1. The van der Waals surface area contributed by atoms with E-state index in [1.165, 1.54) is 78.0 Å². The van der Waals surface area contributed by atoms with Crippen molar-refractivity contribution in [3.8, 4) is 169 Å². The molecule has 21 rings (SSSR count). The molecule has 142 heavy (non-hydrogen) atoms. The van der Waals surface area contributed by atoms with Gasteiger partial charge in [-0.3, -0.25) is 18.3 Å². The molecule has 0 saturated carbocycles. The van der Waals surface area contributed by atoms with E-state index in [0.717, 1.165) is 160 Å². The van der Waals surface area contributed by atoms with Gasteiger partial charge in [0.2, 0.25) is 0 Å². The van der Waals surface area contributed by atoms with Gasteiger partial charge in [0.15, 0.2) is 46.6 Å². The molecule has 4 heterocycles. The predicted octanol–water partition coefficient (Wildman–Crippen LogP) is 33.1. The molecule has 4 aromatic heterocycles. The Balaban J connectivity index is 0.000000125. The first-order valence-electron chi connectivity index (χ1n) is 49.3. The third kappa shape index (κ3) is 20.5. The predicted molar refractivity (Wildman–Crippen MR) is 590 cm³/mol. The third-order valence-electron chi connectivity index (χ3n) is 26.5. The molecule has 0 aliphatic heterocycles. The molecule has 0 saturated heterocycles. The van der Waals surface area contributed by atoms with Crippen LogP contribution in [-0.4, -0.2) is 59.1 Å². The number of aromatic nitrogens is 12. The van der Waals surface area contributed by atoms with Crippen molar-refractivity contribution in [2.45, 2.75) is 133 Å². The molecule has 12 heteroatoms. The number of benzene rings is 17. The van der Waals surface area contributed by atoms with Crippen LogP contribution in [-0.2, 0) is 23.7 Å². The van der Waals surface area contributed by atoms with E-state index in [4.69, 9.17) is 40.8 Å². The molecule has 0 aliphatic carbocycles. The van der Waals surface area contributed by atoms with Gasteiger partial charge in [-0.1, -0.05) is 476 Å². The minimum absolute atomic E-state index is 0.0165. The lowest BCUT2D eigenvalue weighted by Crippen LogP contribution is -2.13. The van der Waals surface area contributed by atoms with Gasteiger partial charge in [-0.05, 0) is 194 Å². The Kier molecular flexibility index (Phi) is 28.8. The summed E-state index contributed by atoms with van der Waals surface area (Å²) in [6.45, 7) is 33.4. The maximum Gasteiger partial charge on any atom is 0.169 e. The Hall–Kier alpha value is -16.7. The molecule has 0 aliphatic rings. The first-order chi connectivity index (χ1) is 69.1. The van der Waals surface area contributed by atoms with Gasteiger partial charge in [-0.25, -0.2) is 0 Å². The van der Waals surface area contributed by atoms with Gasteiger partial charge >= 0.3 is 0 Å². The lowest BCUT2D eigenvalue weighted by molar-refractivity contribution is 0.588. The first kappa shape index (κ1) is 95.6. The minimum atomic E-state index is 0.0165. The average molecular weight is 1850 g/mol. The van der Waals surface area contributed by atoms with Gasteiger partial charge in [0, 0.05) is 50.2 Å². The summed E-state index contributed by atoms with van der Waals surface area (Å²) >= 11 is 0. The highest BCUT2D eigenvalue weighted by molar-refractivity contribution is 5.88. The Bertz CT molecular complexity index is 7870. The van der Waals surface area contributed by atoms with Gasteiger partial charge in [-0.15, -0.1) is 40.8 Å². The van der Waals surface area contributed by atoms with Crippen LogP contribution in [0.3, 0.4) is 0 Å². The molecule has 12 nitrogen and oxygen atoms in total. The summed E-state index contributed by atoms with van der Waals surface area (Å²) in [5.41, 5.74) is 37.2. The fraction of sp³-hybridized carbons (Fsp3) is 0.154. The highest BCUT2D eigenvalue weighted by atomic mass is 15.3. The largest absolute Gasteiger partial charge is 0.275 e. The molecule has 0 N–H and O–H groups in total. The summed E-state index contributed by atoms with van der Waals surface area (Å²) in [6.07, 6.45) is 1.88. The normalized spacial score (nSPS) is 11.3. The number of nitrogens with zero attached hydrogens (tertiary/aromatic N) is 12. The van der Waals surface area contributed by atoms with E-state index in [1.54, 1.807) is 0 Å². The summed E-state index contributed by atoms with van der Waals surface area (Å²) in [6, 6.07) is 149. The lowest BCUT2D eigenvalue weighted by Gasteiger charge is -2.24. The van der Waals surface area contributed by atoms with Crippen molar-refractivity contribution in [1.82, 2.24) is 59.1 Å². The molecule has 0 spiro atoms. The zero-order valence-electron chi connectivity index (χ0n) is 83.8. The van der Waals surface area contributed by atoms with E-state index in [1.807, 2.05) is 54.6 Å². The first-order valence-corrected chi connectivity index (χ1v) is 49.3. The quantitative estimate of drug-likeness (QED) is 0.0739. The summed E-state index contributed by atoms with van der Waals surface area (Å²) < 4.78 is 8.99. The van der Waals surface area contributed by atoms with Gasteiger partial charge in [0.1, 0.15) is 0 Å². The number of hydrogen-bond donors (Lipinski definition) is 0. The molecular formula is C130H120N12. The van der Waals surface area contributed by atoms with Crippen LogP contribution in [0.2, 0.25) is 0 Å². The maximum atomic E-state index is 4.84. The number of para-hydroxylation sites is 2. The molecule has 0 bridgehead atoms. The van der Waals surface area contributed by atoms with Crippen molar-refractivity contribution in [3.05, 3.63) is 480 Å². The van der Waals surface area contributed by atoms with Crippen molar-refractivity contribution >= 4 is 0 Å². The van der Waals surface area contributed by atoms with Crippen molar-refractivity contribution in [1.29, 1.82) is 0 Å². The van der Waals surface area contributed by atoms with Crippen LogP contribution in [0.1, 0.15) is 131 Å². The monoisotopic (exact) mass is 1850 g/mol. The topological polar surface area (TPSA) is 123 Å². The van der Waals surface area contributed by atoms with Crippen LogP contribution in [0.15, 0.2) is 425 Å². The molecule has 0 fully saturated rings. The Labute approximate surface area is 836 Å². The Morgan fingerprint density at radius 3 is 0.803 bits per heavy atom. The summed E-state index contributed by atoms with van der Waals surface area (Å²) in [5, 5.41) is 38.3. The van der Waals surface area contributed by atoms with Gasteiger partial charge < -0.3 is 0 Å². The minimum Gasteiger partial charge on any atom is -0.275 e. The maximum absolute atomic E-state index is 4.84. The fourth-order valence-electron chi connectivity index (χ4n) is 19.1. The number of hydrogen-bond acceptors (Lipinski definition) is 8. The fourth-order valence-corrected chi connectivity index (χ4v) is 19.1. The molecule has 21 aromatic rings. The molecule has 0 radical (unpaired) electrons. The van der Waals surface area contributed by atoms with Gasteiger partial charge in [0.05, 0.1) is 17.1 Å². The smallest absolute Gasteiger partial charge is 0.169 e. The van der Waals surface area contributed by atoms with Crippen LogP contribution in [0.25, 0.3) is 169 Å². The molecular weight excluding hydrogens is 1730 g/mol. The standard InChI is InChI=1S/C35H29N3.C33H33N3.C32H31N3.C30H27N3/c1-24-13-7-8-20-30(24)28-18-12-19-29(23-28)34-36-37-35(38(34)33-25(2)14-11-15-26(33)3)32-22-10-9-21-31(32)27-16-5-4-6-17-27;1-23(2)26-20-27(33(3,4)5)22-28(21-26)36-31(25-16-10-7-11-17-25)34-35-32(36)30-19-13-12-18-29(30)24-14-8-6-9-15-24;1-22-20-26(32(3,4)5)21-23(2)29(22)35-30(25-16-10-7-11-17-25)33-34-31(35)28-19-13-12-18-27(28)24-14-8-6-9-15-24;1-3-22-18-13-19-23(4-2)28(22)33-29(25-16-9-6-10-17-25)31-32-30(33)27-21-12-11-20-26(27)24-14-7-5-8-15-24/h4-23H,1-3H3;6-23H,1-5H3;6-21H,1-5H3;5-21H,3-4H2,1-2H3. The van der Waals surface area contributed by atoms with Crippen LogP contribution >= 0.6 is 0 Å². The number of aryl methyl sites for hydroxylation is 7. The van der Waals surface area contributed by atoms with Crippen LogP contribution in [0, 0.1) is 34.6 Å². The Morgan fingerprint density at radius 2 is 0.458 bits per heavy atom. The molecule has 0 unspecified atom stereocenters. The molecule has 0 atom stereocenters. The van der Waals surface area contributed by atoms with E-state index in [0.29, 0.717) is 5.92 Å². The highest BCUT2D eigenvalue weighted by Gasteiger charge is 2.30.